The normalized spacial score (nSPS) is 11.6. The van der Waals surface area contributed by atoms with Crippen molar-refractivity contribution in [1.29, 1.82) is 0 Å². The Hall–Kier alpha value is -4.18. The van der Waals surface area contributed by atoms with Gasteiger partial charge < -0.3 is 14.7 Å². The van der Waals surface area contributed by atoms with Crippen LogP contribution >= 0.6 is 0 Å². The molecule has 0 spiro atoms. The summed E-state index contributed by atoms with van der Waals surface area (Å²) in [6, 6.07) is 20.4. The lowest BCUT2D eigenvalue weighted by Gasteiger charge is -2.25. The Morgan fingerprint density at radius 2 is 1.70 bits per heavy atom. The molecule has 0 aliphatic carbocycles. The minimum atomic E-state index is -4.01. The lowest BCUT2D eigenvalue weighted by atomic mass is 10.1. The summed E-state index contributed by atoms with van der Waals surface area (Å²) in [6.45, 7) is 9.54. The molecular weight excluding hydrogens is 526 g/mol. The number of nitrogens with zero attached hydrogens (tertiary/aromatic N) is 3. The molecular formula is C30H35N5O4S. The topological polar surface area (TPSA) is 117 Å². The molecule has 0 atom stereocenters. The highest BCUT2D eigenvalue weighted by molar-refractivity contribution is 7.90. The van der Waals surface area contributed by atoms with Gasteiger partial charge >= 0.3 is 0 Å². The second-order valence-corrected chi connectivity index (χ2v) is 12.1. The number of carbonyl (C=O) groups excluding carboxylic acids is 1. The number of amides is 1. The Morgan fingerprint density at radius 3 is 2.40 bits per heavy atom. The van der Waals surface area contributed by atoms with E-state index in [1.54, 1.807) is 30.3 Å². The van der Waals surface area contributed by atoms with Crippen molar-refractivity contribution in [2.75, 3.05) is 23.8 Å². The maximum Gasteiger partial charge on any atom is 0.265 e. The first-order chi connectivity index (χ1) is 19.0. The minimum Gasteiger partial charge on any atom is -0.381 e. The maximum absolute atomic E-state index is 12.8. The van der Waals surface area contributed by atoms with Crippen LogP contribution in [0.3, 0.4) is 0 Å². The Balaban J connectivity index is 1.56. The number of benzene rings is 3. The predicted molar refractivity (Wildman–Crippen MR) is 158 cm³/mol. The first-order valence-electron chi connectivity index (χ1n) is 13.2. The van der Waals surface area contributed by atoms with Crippen molar-refractivity contribution >= 4 is 27.3 Å². The molecule has 0 saturated carbocycles. The van der Waals surface area contributed by atoms with Crippen molar-refractivity contribution in [1.82, 2.24) is 14.9 Å². The van der Waals surface area contributed by atoms with Gasteiger partial charge in [0, 0.05) is 36.3 Å². The zero-order valence-corrected chi connectivity index (χ0v) is 24.2. The zero-order valence-electron chi connectivity index (χ0n) is 23.4. The van der Waals surface area contributed by atoms with Crippen molar-refractivity contribution in [3.8, 4) is 22.8 Å². The van der Waals surface area contributed by atoms with Gasteiger partial charge in [0.2, 0.25) is 5.82 Å². The number of nitrogens with one attached hydrogen (secondary N) is 2. The van der Waals surface area contributed by atoms with Crippen LogP contribution in [-0.2, 0) is 10.0 Å². The van der Waals surface area contributed by atoms with E-state index in [-0.39, 0.29) is 22.4 Å². The molecule has 40 heavy (non-hydrogen) atoms. The van der Waals surface area contributed by atoms with Crippen LogP contribution in [0.25, 0.3) is 22.8 Å². The largest absolute Gasteiger partial charge is 0.381 e. The van der Waals surface area contributed by atoms with Crippen molar-refractivity contribution < 1.29 is 17.7 Å². The SMILES string of the molecule is CC(C)CCN(C)c1ccc(-c2noc(-c3cccc(C(=O)NS(=O)(=O)c4ccccc4)c3)n2)cc1NC(C)C. The number of anilines is 2. The van der Waals surface area contributed by atoms with Gasteiger partial charge in [0.25, 0.3) is 21.8 Å². The molecule has 1 amide bonds. The zero-order chi connectivity index (χ0) is 28.9. The maximum atomic E-state index is 12.8. The summed E-state index contributed by atoms with van der Waals surface area (Å²) in [4.78, 5) is 19.6. The molecule has 10 heteroatoms. The summed E-state index contributed by atoms with van der Waals surface area (Å²) >= 11 is 0. The van der Waals surface area contributed by atoms with E-state index in [1.165, 1.54) is 24.3 Å². The quantitative estimate of drug-likeness (QED) is 0.235. The van der Waals surface area contributed by atoms with Crippen LogP contribution in [0.5, 0.6) is 0 Å². The number of sulfonamides is 1. The lowest BCUT2D eigenvalue weighted by molar-refractivity contribution is 0.0981. The third kappa shape index (κ3) is 7.06. The molecule has 0 aliphatic rings. The molecule has 4 aromatic rings. The van der Waals surface area contributed by atoms with Crippen molar-refractivity contribution in [3.05, 3.63) is 78.4 Å². The first-order valence-corrected chi connectivity index (χ1v) is 14.7. The summed E-state index contributed by atoms with van der Waals surface area (Å²) in [5, 5.41) is 7.69. The van der Waals surface area contributed by atoms with Crippen LogP contribution in [0.1, 0.15) is 44.5 Å². The Bertz CT molecular complexity index is 1570. The fourth-order valence-electron chi connectivity index (χ4n) is 4.10. The van der Waals surface area contributed by atoms with Crippen molar-refractivity contribution in [3.63, 3.8) is 0 Å². The van der Waals surface area contributed by atoms with Gasteiger partial charge in [0.05, 0.1) is 16.3 Å². The number of rotatable bonds is 11. The van der Waals surface area contributed by atoms with Gasteiger partial charge in [0.15, 0.2) is 0 Å². The molecule has 4 rings (SSSR count). The first kappa shape index (κ1) is 28.8. The van der Waals surface area contributed by atoms with Gasteiger partial charge in [-0.1, -0.05) is 43.3 Å². The average molecular weight is 562 g/mol. The van der Waals surface area contributed by atoms with Crippen molar-refractivity contribution in [2.45, 2.75) is 45.1 Å². The third-order valence-corrected chi connectivity index (χ3v) is 7.58. The number of hydrogen-bond acceptors (Lipinski definition) is 8. The average Bonchev–Trinajstić information content (AvgIpc) is 3.42. The molecule has 0 unspecified atom stereocenters. The minimum absolute atomic E-state index is 0.00417. The monoisotopic (exact) mass is 561 g/mol. The van der Waals surface area contributed by atoms with Crippen LogP contribution in [0.4, 0.5) is 11.4 Å². The second kappa shape index (κ2) is 12.3. The fraction of sp³-hybridized carbons (Fsp3) is 0.300. The molecule has 0 aliphatic heterocycles. The van der Waals surface area contributed by atoms with E-state index >= 15 is 0 Å². The van der Waals surface area contributed by atoms with E-state index in [1.807, 2.05) is 12.1 Å². The summed E-state index contributed by atoms with van der Waals surface area (Å²) in [6.07, 6.45) is 1.09. The molecule has 0 fully saturated rings. The summed E-state index contributed by atoms with van der Waals surface area (Å²) in [7, 11) is -1.92. The van der Waals surface area contributed by atoms with Crippen molar-refractivity contribution in [2.24, 2.45) is 5.92 Å². The number of aromatic nitrogens is 2. The summed E-state index contributed by atoms with van der Waals surface area (Å²) in [5.74, 6) is 0.470. The molecule has 9 nitrogen and oxygen atoms in total. The molecule has 0 bridgehead atoms. The fourth-order valence-corrected chi connectivity index (χ4v) is 5.09. The molecule has 210 valence electrons. The Morgan fingerprint density at radius 1 is 0.950 bits per heavy atom. The van der Waals surface area contributed by atoms with Gasteiger partial charge in [-0.3, -0.25) is 4.79 Å². The van der Waals surface area contributed by atoms with Gasteiger partial charge in [0.1, 0.15) is 0 Å². The lowest BCUT2D eigenvalue weighted by Crippen LogP contribution is -2.30. The Kier molecular flexibility index (Phi) is 8.89. The van der Waals surface area contributed by atoms with E-state index in [0.29, 0.717) is 17.3 Å². The third-order valence-electron chi connectivity index (χ3n) is 6.23. The van der Waals surface area contributed by atoms with Gasteiger partial charge in [-0.05, 0) is 74.7 Å². The standard InChI is InChI=1S/C30H35N5O4S/c1-20(2)16-17-35(5)27-15-14-22(19-26(27)31-21(3)4)28-32-30(39-33-28)24-11-9-10-23(18-24)29(36)34-40(37,38)25-12-7-6-8-13-25/h6-15,18-21,31H,16-17H2,1-5H3,(H,34,36). The molecule has 1 aromatic heterocycles. The predicted octanol–water partition coefficient (Wildman–Crippen LogP) is 5.82. The van der Waals surface area contributed by atoms with E-state index in [2.05, 4.69) is 65.9 Å². The molecule has 0 radical (unpaired) electrons. The van der Waals surface area contributed by atoms with Gasteiger partial charge in [-0.15, -0.1) is 0 Å². The number of carbonyl (C=O) groups is 1. The van der Waals surface area contributed by atoms with Gasteiger partial charge in [-0.25, -0.2) is 13.1 Å². The van der Waals surface area contributed by atoms with E-state index in [4.69, 9.17) is 4.52 Å². The van der Waals surface area contributed by atoms with E-state index in [9.17, 15) is 13.2 Å². The Labute approximate surface area is 235 Å². The van der Waals surface area contributed by atoms with Crippen LogP contribution in [0.2, 0.25) is 0 Å². The van der Waals surface area contributed by atoms with Crippen LogP contribution in [-0.4, -0.2) is 44.1 Å². The number of hydrogen-bond donors (Lipinski definition) is 2. The van der Waals surface area contributed by atoms with Crippen LogP contribution in [0.15, 0.2) is 82.2 Å². The highest BCUT2D eigenvalue weighted by Gasteiger charge is 2.20. The van der Waals surface area contributed by atoms with E-state index in [0.717, 1.165) is 29.9 Å². The molecule has 1 heterocycles. The molecule has 3 aromatic carbocycles. The molecule has 0 saturated heterocycles. The summed E-state index contributed by atoms with van der Waals surface area (Å²) in [5.41, 5.74) is 3.49. The highest BCUT2D eigenvalue weighted by Crippen LogP contribution is 2.32. The van der Waals surface area contributed by atoms with Crippen LogP contribution < -0.4 is 14.9 Å². The van der Waals surface area contributed by atoms with Gasteiger partial charge in [-0.2, -0.15) is 4.98 Å². The second-order valence-electron chi connectivity index (χ2n) is 10.4. The smallest absolute Gasteiger partial charge is 0.265 e. The van der Waals surface area contributed by atoms with Crippen LogP contribution in [0, 0.1) is 5.92 Å². The molecule has 2 N–H and O–H groups in total. The van der Waals surface area contributed by atoms with E-state index < -0.39 is 15.9 Å². The summed E-state index contributed by atoms with van der Waals surface area (Å²) < 4.78 is 32.8. The highest BCUT2D eigenvalue weighted by atomic mass is 32.2.